The Morgan fingerprint density at radius 1 is 1.12 bits per heavy atom. The fourth-order valence-corrected chi connectivity index (χ4v) is 3.01. The highest BCUT2D eigenvalue weighted by atomic mass is 35.5. The average Bonchev–Trinajstić information content (AvgIpc) is 2.59. The maximum Gasteiger partial charge on any atom is 0.315 e. The molecule has 0 heterocycles. The van der Waals surface area contributed by atoms with E-state index in [9.17, 15) is 15.2 Å². The van der Waals surface area contributed by atoms with E-state index in [0.717, 1.165) is 10.8 Å². The van der Waals surface area contributed by atoms with Crippen molar-refractivity contribution in [2.45, 2.75) is 13.8 Å². The molecule has 0 aliphatic rings. The Hall–Kier alpha value is -2.92. The molecule has 5 nitrogen and oxygen atoms in total. The lowest BCUT2D eigenvalue weighted by atomic mass is 10.0. The quantitative estimate of drug-likeness (QED) is 0.384. The highest BCUT2D eigenvalue weighted by Crippen LogP contribution is 2.40. The molecule has 0 saturated heterocycles. The highest BCUT2D eigenvalue weighted by molar-refractivity contribution is 6.33. The van der Waals surface area contributed by atoms with Crippen molar-refractivity contribution >= 4 is 40.0 Å². The minimum atomic E-state index is -0.634. The summed E-state index contributed by atoms with van der Waals surface area (Å²) in [5.74, 6) is -0.423. The van der Waals surface area contributed by atoms with Crippen LogP contribution in [0.1, 0.15) is 16.7 Å². The van der Waals surface area contributed by atoms with E-state index in [0.29, 0.717) is 11.3 Å². The number of benzene rings is 3. The monoisotopic (exact) mass is 354 g/mol. The molecule has 0 radical (unpaired) electrons. The summed E-state index contributed by atoms with van der Waals surface area (Å²) in [6.45, 7) is 3.21. The first-order valence-electron chi connectivity index (χ1n) is 7.59. The molecule has 0 bridgehead atoms. The van der Waals surface area contributed by atoms with Crippen LogP contribution in [-0.4, -0.2) is 16.2 Å². The minimum absolute atomic E-state index is 0.240. The van der Waals surface area contributed by atoms with E-state index in [4.69, 9.17) is 11.6 Å². The fraction of sp³-hybridized carbons (Fsp3) is 0.105. The SMILES string of the molecule is Cc1c(Cl)c(C)c([N+](=O)[O-])c(O)c1C=Nc1cccc2ccccc12. The molecule has 1 N–H and O–H groups in total. The van der Waals surface area contributed by atoms with Crippen molar-refractivity contribution in [2.75, 3.05) is 0 Å². The van der Waals surface area contributed by atoms with E-state index >= 15 is 0 Å². The van der Waals surface area contributed by atoms with Crippen LogP contribution in [0.5, 0.6) is 5.75 Å². The number of nitro groups is 1. The molecule has 3 aromatic rings. The summed E-state index contributed by atoms with van der Waals surface area (Å²) in [4.78, 5) is 15.0. The van der Waals surface area contributed by atoms with Crippen molar-refractivity contribution in [3.8, 4) is 5.75 Å². The second-order valence-corrected chi connectivity index (χ2v) is 6.07. The van der Waals surface area contributed by atoms with Gasteiger partial charge in [0, 0.05) is 22.7 Å². The lowest BCUT2D eigenvalue weighted by Crippen LogP contribution is -2.00. The average molecular weight is 355 g/mol. The van der Waals surface area contributed by atoms with Gasteiger partial charge in [-0.15, -0.1) is 0 Å². The maximum absolute atomic E-state index is 11.2. The van der Waals surface area contributed by atoms with Crippen LogP contribution in [0.25, 0.3) is 10.8 Å². The lowest BCUT2D eigenvalue weighted by molar-refractivity contribution is -0.386. The molecule has 25 heavy (non-hydrogen) atoms. The van der Waals surface area contributed by atoms with Crippen molar-refractivity contribution in [3.63, 3.8) is 0 Å². The van der Waals surface area contributed by atoms with E-state index in [1.807, 2.05) is 42.5 Å². The van der Waals surface area contributed by atoms with E-state index < -0.39 is 16.4 Å². The smallest absolute Gasteiger partial charge is 0.315 e. The number of nitro benzene ring substituents is 1. The molecular weight excluding hydrogens is 340 g/mol. The van der Waals surface area contributed by atoms with Crippen LogP contribution in [0.2, 0.25) is 5.02 Å². The van der Waals surface area contributed by atoms with Crippen molar-refractivity contribution in [2.24, 2.45) is 4.99 Å². The summed E-state index contributed by atoms with van der Waals surface area (Å²) in [5.41, 5.74) is 1.34. The standard InChI is InChI=1S/C19H15ClN2O3/c1-11-15(19(23)18(22(24)25)12(2)17(11)20)10-21-16-9-5-7-13-6-3-4-8-14(13)16/h3-10,23H,1-2H3. The van der Waals surface area contributed by atoms with Gasteiger partial charge in [0.2, 0.25) is 5.75 Å². The highest BCUT2D eigenvalue weighted by Gasteiger charge is 2.25. The summed E-state index contributed by atoms with van der Waals surface area (Å²) in [6.07, 6.45) is 1.42. The third-order valence-corrected chi connectivity index (χ3v) is 4.75. The number of aliphatic imine (C=N–C) groups is 1. The molecule has 0 saturated carbocycles. The number of hydrogen-bond donors (Lipinski definition) is 1. The summed E-state index contributed by atoms with van der Waals surface area (Å²) < 4.78 is 0. The second-order valence-electron chi connectivity index (χ2n) is 5.69. The van der Waals surface area contributed by atoms with Gasteiger partial charge >= 0.3 is 5.69 Å². The van der Waals surface area contributed by atoms with E-state index in [-0.39, 0.29) is 16.1 Å². The summed E-state index contributed by atoms with van der Waals surface area (Å²) >= 11 is 6.20. The Kier molecular flexibility index (Phi) is 4.42. The van der Waals surface area contributed by atoms with Gasteiger partial charge < -0.3 is 5.11 Å². The van der Waals surface area contributed by atoms with Gasteiger partial charge in [-0.3, -0.25) is 15.1 Å². The molecular formula is C19H15ClN2O3. The van der Waals surface area contributed by atoms with Gasteiger partial charge in [-0.25, -0.2) is 0 Å². The van der Waals surface area contributed by atoms with Crippen molar-refractivity contribution < 1.29 is 10.0 Å². The third-order valence-electron chi connectivity index (χ3n) is 4.18. The lowest BCUT2D eigenvalue weighted by Gasteiger charge is -2.10. The Morgan fingerprint density at radius 2 is 1.80 bits per heavy atom. The number of phenolic OH excluding ortho intramolecular Hbond substituents is 1. The Balaban J connectivity index is 2.17. The Labute approximate surface area is 149 Å². The first-order chi connectivity index (χ1) is 11.9. The minimum Gasteiger partial charge on any atom is -0.502 e. The van der Waals surface area contributed by atoms with Crippen LogP contribution >= 0.6 is 11.6 Å². The number of aromatic hydroxyl groups is 1. The van der Waals surface area contributed by atoms with Crippen LogP contribution < -0.4 is 0 Å². The number of rotatable bonds is 3. The molecule has 0 atom stereocenters. The van der Waals surface area contributed by atoms with Gasteiger partial charge in [-0.1, -0.05) is 48.0 Å². The van der Waals surface area contributed by atoms with Crippen LogP contribution in [0.3, 0.4) is 0 Å². The topological polar surface area (TPSA) is 75.7 Å². The third kappa shape index (κ3) is 2.94. The van der Waals surface area contributed by atoms with Crippen molar-refractivity contribution in [1.29, 1.82) is 0 Å². The van der Waals surface area contributed by atoms with Gasteiger partial charge in [0.15, 0.2) is 0 Å². The zero-order valence-electron chi connectivity index (χ0n) is 13.7. The molecule has 0 unspecified atom stereocenters. The van der Waals surface area contributed by atoms with Crippen molar-refractivity contribution in [1.82, 2.24) is 0 Å². The van der Waals surface area contributed by atoms with Gasteiger partial charge in [-0.05, 0) is 30.9 Å². The molecule has 0 fully saturated rings. The number of halogens is 1. The molecule has 0 aliphatic heterocycles. The van der Waals surface area contributed by atoms with Crippen LogP contribution in [0.15, 0.2) is 47.5 Å². The zero-order chi connectivity index (χ0) is 18.1. The number of fused-ring (bicyclic) bond motifs is 1. The molecule has 0 spiro atoms. The molecule has 0 amide bonds. The summed E-state index contributed by atoms with van der Waals surface area (Å²) in [5, 5.41) is 23.8. The largest absolute Gasteiger partial charge is 0.502 e. The summed E-state index contributed by atoms with van der Waals surface area (Å²) in [7, 11) is 0. The predicted molar refractivity (Wildman–Crippen MR) is 100 cm³/mol. The number of phenols is 1. The van der Waals surface area contributed by atoms with Gasteiger partial charge in [-0.2, -0.15) is 0 Å². The molecule has 0 aliphatic carbocycles. The second kappa shape index (κ2) is 6.53. The number of hydrogen-bond acceptors (Lipinski definition) is 4. The van der Waals surface area contributed by atoms with E-state index in [1.165, 1.54) is 13.1 Å². The Morgan fingerprint density at radius 3 is 2.52 bits per heavy atom. The molecule has 3 rings (SSSR count). The zero-order valence-corrected chi connectivity index (χ0v) is 14.4. The summed E-state index contributed by atoms with van der Waals surface area (Å²) in [6, 6.07) is 13.5. The van der Waals surface area contributed by atoms with E-state index in [1.54, 1.807) is 6.92 Å². The van der Waals surface area contributed by atoms with Crippen LogP contribution in [-0.2, 0) is 0 Å². The van der Waals surface area contributed by atoms with Crippen LogP contribution in [0, 0.1) is 24.0 Å². The van der Waals surface area contributed by atoms with Crippen LogP contribution in [0.4, 0.5) is 11.4 Å². The van der Waals surface area contributed by atoms with Crippen molar-refractivity contribution in [3.05, 3.63) is 74.3 Å². The molecule has 3 aromatic carbocycles. The molecule has 6 heteroatoms. The normalized spacial score (nSPS) is 11.3. The van der Waals surface area contributed by atoms with Gasteiger partial charge in [0.1, 0.15) is 0 Å². The van der Waals surface area contributed by atoms with Gasteiger partial charge in [0.05, 0.1) is 15.6 Å². The Bertz CT molecular complexity index is 1020. The first kappa shape index (κ1) is 16.9. The fourth-order valence-electron chi connectivity index (χ4n) is 2.82. The predicted octanol–water partition coefficient (Wildman–Crippen LogP) is 5.47. The van der Waals surface area contributed by atoms with Gasteiger partial charge in [0.25, 0.3) is 0 Å². The maximum atomic E-state index is 11.2. The first-order valence-corrected chi connectivity index (χ1v) is 7.97. The molecule has 126 valence electrons. The molecule has 0 aromatic heterocycles. The number of nitrogens with zero attached hydrogens (tertiary/aromatic N) is 2. The van der Waals surface area contributed by atoms with E-state index in [2.05, 4.69) is 4.99 Å².